The summed E-state index contributed by atoms with van der Waals surface area (Å²) in [5.74, 6) is -3.62. The summed E-state index contributed by atoms with van der Waals surface area (Å²) in [6.07, 6.45) is 1.56. The molecule has 1 fully saturated rings. The molecule has 0 unspecified atom stereocenters. The first kappa shape index (κ1) is 27.9. The number of hydrazone groups is 1. The number of nitrogens with zero attached hydrogens (tertiary/aromatic N) is 3. The number of carbonyl (C=O) groups is 3. The van der Waals surface area contributed by atoms with Crippen LogP contribution in [0.25, 0.3) is 0 Å². The lowest BCUT2D eigenvalue weighted by Gasteiger charge is -2.52. The van der Waals surface area contributed by atoms with Crippen LogP contribution in [-0.2, 0) is 19.8 Å². The fourth-order valence-corrected chi connectivity index (χ4v) is 7.45. The molecule has 0 radical (unpaired) electrons. The van der Waals surface area contributed by atoms with Crippen molar-refractivity contribution in [2.45, 2.75) is 11.3 Å². The quantitative estimate of drug-likeness (QED) is 0.0922. The summed E-state index contributed by atoms with van der Waals surface area (Å²) in [7, 11) is 0. The normalized spacial score (nSPS) is 22.8. The van der Waals surface area contributed by atoms with Crippen molar-refractivity contribution < 1.29 is 19.3 Å². The van der Waals surface area contributed by atoms with Crippen LogP contribution in [0.4, 0.5) is 17.1 Å². The Kier molecular flexibility index (Phi) is 6.76. The van der Waals surface area contributed by atoms with Gasteiger partial charge in [-0.3, -0.25) is 24.5 Å². The standard InChI is InChI=1S/C33H24IN5O5/c34-19-13-15-20(16-14-19)35-17-27(40)37-36-18-33-23-9-3-1-7-21(23)28(22-8-2-4-10-24(22)33)29-30(33)32(42)38(31(29)41)25-11-5-6-12-26(25)39(43)44/h1-16,18,28-30,35H,17H2,(H,37,40)/b36-18-/t28?,29-,30+,33?/m1/s1. The predicted octanol–water partition coefficient (Wildman–Crippen LogP) is 4.96. The number of nitrogens with one attached hydrogen (secondary N) is 2. The fourth-order valence-electron chi connectivity index (χ4n) is 7.09. The number of hydrogen-bond donors (Lipinski definition) is 2. The van der Waals surface area contributed by atoms with Gasteiger partial charge in [-0.25, -0.2) is 10.3 Å². The van der Waals surface area contributed by atoms with Gasteiger partial charge in [0.05, 0.1) is 28.7 Å². The summed E-state index contributed by atoms with van der Waals surface area (Å²) in [6, 6.07) is 28.6. The van der Waals surface area contributed by atoms with Crippen molar-refractivity contribution in [2.75, 3.05) is 16.8 Å². The van der Waals surface area contributed by atoms with E-state index in [-0.39, 0.29) is 17.9 Å². The highest BCUT2D eigenvalue weighted by Gasteiger charge is 2.68. The monoisotopic (exact) mass is 697 g/mol. The van der Waals surface area contributed by atoms with Gasteiger partial charge in [0.15, 0.2) is 0 Å². The van der Waals surface area contributed by atoms with E-state index in [1.54, 1.807) is 12.3 Å². The first-order chi connectivity index (χ1) is 21.3. The van der Waals surface area contributed by atoms with Crippen LogP contribution in [0.5, 0.6) is 0 Å². The molecule has 218 valence electrons. The molecule has 10 nitrogen and oxygen atoms in total. The molecule has 4 aromatic rings. The number of nitro benzene ring substituents is 1. The van der Waals surface area contributed by atoms with Crippen molar-refractivity contribution in [3.8, 4) is 0 Å². The average molecular weight is 697 g/mol. The number of nitro groups is 1. The number of halogens is 1. The van der Waals surface area contributed by atoms with Gasteiger partial charge >= 0.3 is 0 Å². The van der Waals surface area contributed by atoms with Crippen LogP contribution in [0.3, 0.4) is 0 Å². The van der Waals surface area contributed by atoms with Crippen molar-refractivity contribution >= 4 is 63.6 Å². The van der Waals surface area contributed by atoms with E-state index in [1.165, 1.54) is 18.2 Å². The van der Waals surface area contributed by atoms with Crippen LogP contribution in [0.1, 0.15) is 28.2 Å². The number of anilines is 2. The Hall–Kier alpha value is -4.91. The topological polar surface area (TPSA) is 134 Å². The molecule has 3 aliphatic carbocycles. The summed E-state index contributed by atoms with van der Waals surface area (Å²) in [5, 5.41) is 19.4. The summed E-state index contributed by atoms with van der Waals surface area (Å²) in [6.45, 7) is -0.0326. The van der Waals surface area contributed by atoms with Gasteiger partial charge in [-0.2, -0.15) is 5.10 Å². The Bertz CT molecular complexity index is 1840. The minimum absolute atomic E-state index is 0.0326. The molecular formula is C33H24IN5O5. The van der Waals surface area contributed by atoms with Gasteiger partial charge < -0.3 is 5.32 Å². The Balaban J connectivity index is 1.31. The van der Waals surface area contributed by atoms with Crippen LogP contribution in [-0.4, -0.2) is 35.4 Å². The molecule has 1 saturated heterocycles. The van der Waals surface area contributed by atoms with Gasteiger partial charge in [0, 0.05) is 27.5 Å². The Labute approximate surface area is 265 Å². The second kappa shape index (κ2) is 10.7. The maximum absolute atomic E-state index is 14.4. The van der Waals surface area contributed by atoms with Gasteiger partial charge in [-0.05, 0) is 75.2 Å². The van der Waals surface area contributed by atoms with E-state index >= 15 is 0 Å². The molecule has 1 heterocycles. The fraction of sp³-hybridized carbons (Fsp3) is 0.152. The van der Waals surface area contributed by atoms with Crippen LogP contribution in [0.2, 0.25) is 0 Å². The van der Waals surface area contributed by atoms with Crippen molar-refractivity contribution in [1.29, 1.82) is 0 Å². The molecule has 0 saturated carbocycles. The lowest BCUT2D eigenvalue weighted by atomic mass is 9.47. The molecule has 44 heavy (non-hydrogen) atoms. The Morgan fingerprint density at radius 3 is 2.18 bits per heavy atom. The van der Waals surface area contributed by atoms with Gasteiger partial charge in [-0.1, -0.05) is 60.7 Å². The molecule has 0 aromatic heterocycles. The second-order valence-electron chi connectivity index (χ2n) is 10.9. The summed E-state index contributed by atoms with van der Waals surface area (Å²) in [5.41, 5.74) is 5.16. The van der Waals surface area contributed by atoms with Crippen molar-refractivity contribution in [3.63, 3.8) is 0 Å². The molecule has 0 spiro atoms. The third kappa shape index (κ3) is 4.13. The van der Waals surface area contributed by atoms with E-state index in [0.29, 0.717) is 0 Å². The zero-order valence-electron chi connectivity index (χ0n) is 23.0. The lowest BCUT2D eigenvalue weighted by Crippen LogP contribution is -2.54. The van der Waals surface area contributed by atoms with Crippen LogP contribution >= 0.6 is 22.6 Å². The SMILES string of the molecule is O=C(CNc1ccc(I)cc1)N/N=C\C12c3ccccc3C(c3ccccc31)[C@H]1C(=O)N(c3ccccc3[N+](=O)[O-])C(=O)[C@H]12. The van der Waals surface area contributed by atoms with Gasteiger partial charge in [0.25, 0.3) is 11.6 Å². The summed E-state index contributed by atoms with van der Waals surface area (Å²) >= 11 is 2.20. The maximum atomic E-state index is 14.4. The van der Waals surface area contributed by atoms with Gasteiger partial charge in [0.1, 0.15) is 5.69 Å². The molecule has 2 bridgehead atoms. The highest BCUT2D eigenvalue weighted by Crippen LogP contribution is 2.63. The van der Waals surface area contributed by atoms with Crippen molar-refractivity contribution in [3.05, 3.63) is 133 Å². The molecule has 1 aliphatic heterocycles. The van der Waals surface area contributed by atoms with Crippen LogP contribution in [0, 0.1) is 25.5 Å². The molecule has 11 heteroatoms. The van der Waals surface area contributed by atoms with E-state index in [2.05, 4.69) is 38.4 Å². The molecule has 3 amide bonds. The Morgan fingerprint density at radius 1 is 0.909 bits per heavy atom. The predicted molar refractivity (Wildman–Crippen MR) is 172 cm³/mol. The average Bonchev–Trinajstić information content (AvgIpc) is 3.31. The number of rotatable bonds is 7. The third-order valence-corrected chi connectivity index (χ3v) is 9.48. The first-order valence-electron chi connectivity index (χ1n) is 14.0. The minimum Gasteiger partial charge on any atom is -0.376 e. The highest BCUT2D eigenvalue weighted by molar-refractivity contribution is 14.1. The van der Waals surface area contributed by atoms with E-state index < -0.39 is 45.8 Å². The zero-order chi connectivity index (χ0) is 30.6. The van der Waals surface area contributed by atoms with Crippen LogP contribution < -0.4 is 15.6 Å². The van der Waals surface area contributed by atoms with Gasteiger partial charge in [0.2, 0.25) is 11.8 Å². The lowest BCUT2D eigenvalue weighted by molar-refractivity contribution is -0.384. The molecule has 4 aromatic carbocycles. The smallest absolute Gasteiger partial charge is 0.293 e. The van der Waals surface area contributed by atoms with Gasteiger partial charge in [-0.15, -0.1) is 0 Å². The molecular weight excluding hydrogens is 673 g/mol. The number of carbonyl (C=O) groups excluding carboxylic acids is 3. The van der Waals surface area contributed by atoms with E-state index in [1.807, 2.05) is 72.8 Å². The van der Waals surface area contributed by atoms with Crippen molar-refractivity contribution in [2.24, 2.45) is 16.9 Å². The highest BCUT2D eigenvalue weighted by atomic mass is 127. The summed E-state index contributed by atoms with van der Waals surface area (Å²) < 4.78 is 1.07. The molecule has 2 atom stereocenters. The number of para-hydroxylation sites is 2. The Morgan fingerprint density at radius 2 is 1.52 bits per heavy atom. The number of benzene rings is 4. The number of amides is 3. The van der Waals surface area contributed by atoms with E-state index in [0.717, 1.165) is 36.4 Å². The second-order valence-corrected chi connectivity index (χ2v) is 12.2. The van der Waals surface area contributed by atoms with Crippen LogP contribution in [0.15, 0.2) is 102 Å². The first-order valence-corrected chi connectivity index (χ1v) is 15.0. The summed E-state index contributed by atoms with van der Waals surface area (Å²) in [4.78, 5) is 53.8. The zero-order valence-corrected chi connectivity index (χ0v) is 25.2. The molecule has 8 rings (SSSR count). The number of imide groups is 1. The third-order valence-electron chi connectivity index (χ3n) is 8.76. The minimum atomic E-state index is -1.21. The largest absolute Gasteiger partial charge is 0.376 e. The van der Waals surface area contributed by atoms with Crippen molar-refractivity contribution in [1.82, 2.24) is 5.43 Å². The maximum Gasteiger partial charge on any atom is 0.293 e. The molecule has 2 N–H and O–H groups in total. The van der Waals surface area contributed by atoms with E-state index in [9.17, 15) is 24.5 Å². The molecule has 4 aliphatic rings. The number of hydrogen-bond acceptors (Lipinski definition) is 7. The van der Waals surface area contributed by atoms with E-state index in [4.69, 9.17) is 0 Å².